The van der Waals surface area contributed by atoms with E-state index in [9.17, 15) is 0 Å². The summed E-state index contributed by atoms with van der Waals surface area (Å²) in [4.78, 5) is 2.63. The van der Waals surface area contributed by atoms with Crippen molar-refractivity contribution in [3.05, 3.63) is 0 Å². The van der Waals surface area contributed by atoms with E-state index >= 15 is 0 Å². The lowest BCUT2D eigenvalue weighted by Gasteiger charge is -2.29. The third-order valence-electron chi connectivity index (χ3n) is 4.49. The van der Waals surface area contributed by atoms with Gasteiger partial charge in [-0.25, -0.2) is 0 Å². The number of rotatable bonds is 6. The predicted octanol–water partition coefficient (Wildman–Crippen LogP) is 2.64. The predicted molar refractivity (Wildman–Crippen MR) is 69.7 cm³/mol. The Kier molecular flexibility index (Phi) is 4.66. The van der Waals surface area contributed by atoms with Crippen molar-refractivity contribution in [1.82, 2.24) is 10.2 Å². The molecule has 94 valence electrons. The van der Waals surface area contributed by atoms with Crippen LogP contribution < -0.4 is 5.32 Å². The molecule has 2 fully saturated rings. The van der Waals surface area contributed by atoms with Gasteiger partial charge in [-0.1, -0.05) is 19.3 Å². The fourth-order valence-electron chi connectivity index (χ4n) is 3.09. The minimum Gasteiger partial charge on any atom is -0.313 e. The van der Waals surface area contributed by atoms with Gasteiger partial charge < -0.3 is 5.32 Å². The monoisotopic (exact) mass is 224 g/mol. The average Bonchev–Trinajstić information content (AvgIpc) is 2.59. The van der Waals surface area contributed by atoms with Gasteiger partial charge in [0.2, 0.25) is 0 Å². The average molecular weight is 224 g/mol. The molecule has 1 saturated heterocycles. The van der Waals surface area contributed by atoms with E-state index in [4.69, 9.17) is 0 Å². The molecule has 2 nitrogen and oxygen atoms in total. The molecule has 2 aliphatic rings. The molecule has 2 unspecified atom stereocenters. The van der Waals surface area contributed by atoms with Crippen LogP contribution in [0.3, 0.4) is 0 Å². The first-order chi connectivity index (χ1) is 7.75. The van der Waals surface area contributed by atoms with Gasteiger partial charge in [-0.05, 0) is 45.6 Å². The number of nitrogens with one attached hydrogen (secondary N) is 1. The maximum atomic E-state index is 3.69. The summed E-state index contributed by atoms with van der Waals surface area (Å²) in [6.07, 6.45) is 8.64. The number of hydrogen-bond donors (Lipinski definition) is 1. The van der Waals surface area contributed by atoms with Gasteiger partial charge in [0.1, 0.15) is 0 Å². The maximum Gasteiger partial charge on any atom is 0.0110 e. The molecule has 1 aliphatic heterocycles. The van der Waals surface area contributed by atoms with Crippen molar-refractivity contribution in [2.24, 2.45) is 5.92 Å². The summed E-state index contributed by atoms with van der Waals surface area (Å²) in [6, 6.07) is 1.55. The van der Waals surface area contributed by atoms with E-state index in [1.807, 2.05) is 0 Å². The molecule has 16 heavy (non-hydrogen) atoms. The molecule has 0 aromatic carbocycles. The van der Waals surface area contributed by atoms with Crippen LogP contribution in [0.5, 0.6) is 0 Å². The van der Waals surface area contributed by atoms with Crippen molar-refractivity contribution >= 4 is 0 Å². The molecular weight excluding hydrogens is 196 g/mol. The Hall–Kier alpha value is -0.0800. The van der Waals surface area contributed by atoms with E-state index < -0.39 is 0 Å². The number of nitrogens with zero attached hydrogens (tertiary/aromatic N) is 1. The zero-order valence-electron chi connectivity index (χ0n) is 11.0. The van der Waals surface area contributed by atoms with Crippen LogP contribution in [0.25, 0.3) is 0 Å². The van der Waals surface area contributed by atoms with Crippen LogP contribution in [0.1, 0.15) is 52.4 Å². The third kappa shape index (κ3) is 3.46. The summed E-state index contributed by atoms with van der Waals surface area (Å²) in [5, 5.41) is 3.69. The molecule has 2 heteroatoms. The normalized spacial score (nSPS) is 29.2. The first kappa shape index (κ1) is 12.4. The smallest absolute Gasteiger partial charge is 0.0110 e. The standard InChI is InChI=1S/C14H28N2/c1-12(11-14-6-3-7-14)15-8-10-16-9-4-5-13(16)2/h12-15H,3-11H2,1-2H3. The van der Waals surface area contributed by atoms with E-state index in [0.29, 0.717) is 0 Å². The van der Waals surface area contributed by atoms with Crippen LogP contribution in [-0.2, 0) is 0 Å². The Bertz CT molecular complexity index is 201. The van der Waals surface area contributed by atoms with E-state index in [1.54, 1.807) is 0 Å². The summed E-state index contributed by atoms with van der Waals surface area (Å²) in [6.45, 7) is 8.46. The van der Waals surface area contributed by atoms with Gasteiger partial charge in [0.05, 0.1) is 0 Å². The molecule has 1 heterocycles. The van der Waals surface area contributed by atoms with Gasteiger partial charge in [-0.3, -0.25) is 4.90 Å². The van der Waals surface area contributed by atoms with Crippen LogP contribution in [0, 0.1) is 5.92 Å². The molecule has 1 N–H and O–H groups in total. The minimum absolute atomic E-state index is 0.725. The summed E-state index contributed by atoms with van der Waals surface area (Å²) in [5.41, 5.74) is 0. The van der Waals surface area contributed by atoms with Gasteiger partial charge in [0, 0.05) is 25.2 Å². The van der Waals surface area contributed by atoms with Gasteiger partial charge in [-0.15, -0.1) is 0 Å². The fourth-order valence-corrected chi connectivity index (χ4v) is 3.09. The van der Waals surface area contributed by atoms with Gasteiger partial charge >= 0.3 is 0 Å². The summed E-state index contributed by atoms with van der Waals surface area (Å²) < 4.78 is 0. The highest BCUT2D eigenvalue weighted by Crippen LogP contribution is 2.30. The van der Waals surface area contributed by atoms with Gasteiger partial charge in [-0.2, -0.15) is 0 Å². The molecule has 0 amide bonds. The topological polar surface area (TPSA) is 15.3 Å². The first-order valence-electron chi connectivity index (χ1n) is 7.23. The van der Waals surface area contributed by atoms with Crippen LogP contribution >= 0.6 is 0 Å². The second kappa shape index (κ2) is 6.02. The van der Waals surface area contributed by atoms with E-state index in [1.165, 1.54) is 58.2 Å². The zero-order valence-corrected chi connectivity index (χ0v) is 11.0. The van der Waals surface area contributed by atoms with Crippen LogP contribution in [0.2, 0.25) is 0 Å². The Morgan fingerprint density at radius 2 is 2.06 bits per heavy atom. The Balaban J connectivity index is 1.52. The van der Waals surface area contributed by atoms with Crippen LogP contribution in [0.4, 0.5) is 0 Å². The van der Waals surface area contributed by atoms with Crippen molar-refractivity contribution < 1.29 is 0 Å². The molecule has 1 saturated carbocycles. The fraction of sp³-hybridized carbons (Fsp3) is 1.00. The lowest BCUT2D eigenvalue weighted by atomic mass is 9.81. The minimum atomic E-state index is 0.725. The van der Waals surface area contributed by atoms with E-state index in [2.05, 4.69) is 24.1 Å². The Labute approximate surface area is 101 Å². The lowest BCUT2D eigenvalue weighted by Crippen LogP contribution is -2.38. The van der Waals surface area contributed by atoms with Crippen molar-refractivity contribution in [2.75, 3.05) is 19.6 Å². The van der Waals surface area contributed by atoms with Crippen molar-refractivity contribution in [1.29, 1.82) is 0 Å². The molecular formula is C14H28N2. The van der Waals surface area contributed by atoms with Gasteiger partial charge in [0.15, 0.2) is 0 Å². The number of likely N-dealkylation sites (tertiary alicyclic amines) is 1. The van der Waals surface area contributed by atoms with Crippen molar-refractivity contribution in [2.45, 2.75) is 64.5 Å². The highest BCUT2D eigenvalue weighted by Gasteiger charge is 2.21. The molecule has 0 spiro atoms. The number of hydrogen-bond acceptors (Lipinski definition) is 2. The molecule has 2 atom stereocenters. The van der Waals surface area contributed by atoms with Gasteiger partial charge in [0.25, 0.3) is 0 Å². The Morgan fingerprint density at radius 3 is 2.62 bits per heavy atom. The Morgan fingerprint density at radius 1 is 1.25 bits per heavy atom. The molecule has 0 bridgehead atoms. The highest BCUT2D eigenvalue weighted by atomic mass is 15.2. The summed E-state index contributed by atoms with van der Waals surface area (Å²) >= 11 is 0. The molecule has 0 aromatic heterocycles. The molecule has 2 rings (SSSR count). The zero-order chi connectivity index (χ0) is 11.4. The van der Waals surface area contributed by atoms with Crippen LogP contribution in [0.15, 0.2) is 0 Å². The highest BCUT2D eigenvalue weighted by molar-refractivity contribution is 4.78. The van der Waals surface area contributed by atoms with E-state index in [-0.39, 0.29) is 0 Å². The van der Waals surface area contributed by atoms with Crippen LogP contribution in [-0.4, -0.2) is 36.6 Å². The summed E-state index contributed by atoms with van der Waals surface area (Å²) in [7, 11) is 0. The first-order valence-corrected chi connectivity index (χ1v) is 7.23. The molecule has 0 radical (unpaired) electrons. The maximum absolute atomic E-state index is 3.69. The SMILES string of the molecule is CC(CC1CCC1)NCCN1CCCC1C. The quantitative estimate of drug-likeness (QED) is 0.746. The van der Waals surface area contributed by atoms with E-state index in [0.717, 1.165) is 18.0 Å². The summed E-state index contributed by atoms with van der Waals surface area (Å²) in [5.74, 6) is 1.04. The molecule has 1 aliphatic carbocycles. The second-order valence-electron chi connectivity index (χ2n) is 5.92. The second-order valence-corrected chi connectivity index (χ2v) is 5.92. The lowest BCUT2D eigenvalue weighted by molar-refractivity contribution is 0.243. The van der Waals surface area contributed by atoms with Crippen molar-refractivity contribution in [3.8, 4) is 0 Å². The van der Waals surface area contributed by atoms with Crippen molar-refractivity contribution in [3.63, 3.8) is 0 Å². The third-order valence-corrected chi connectivity index (χ3v) is 4.49. The largest absolute Gasteiger partial charge is 0.313 e. The molecule has 0 aromatic rings.